The van der Waals surface area contributed by atoms with Crippen molar-refractivity contribution in [3.63, 3.8) is 0 Å². The fourth-order valence-electron chi connectivity index (χ4n) is 2.58. The van der Waals surface area contributed by atoms with Crippen LogP contribution in [0.1, 0.15) is 26.7 Å². The summed E-state index contributed by atoms with van der Waals surface area (Å²) in [5.41, 5.74) is 0.694. The third kappa shape index (κ3) is 5.72. The molecule has 0 spiro atoms. The quantitative estimate of drug-likeness (QED) is 0.434. The van der Waals surface area contributed by atoms with Crippen LogP contribution in [0.3, 0.4) is 0 Å². The number of phenolic OH excluding ortho intramolecular Hbond substituents is 1. The van der Waals surface area contributed by atoms with Crippen LogP contribution in [0, 0.1) is 0 Å². The summed E-state index contributed by atoms with van der Waals surface area (Å²) in [7, 11) is -4.27. The van der Waals surface area contributed by atoms with Crippen molar-refractivity contribution in [1.82, 2.24) is 4.98 Å². The second kappa shape index (κ2) is 9.25. The Morgan fingerprint density at radius 1 is 1.22 bits per heavy atom. The zero-order valence-corrected chi connectivity index (χ0v) is 17.4. The van der Waals surface area contributed by atoms with Gasteiger partial charge in [-0.25, -0.2) is 4.98 Å². The molecule has 8 nitrogen and oxygen atoms in total. The lowest BCUT2D eigenvalue weighted by atomic mass is 10.2. The highest BCUT2D eigenvalue weighted by Crippen LogP contribution is 2.33. The minimum Gasteiger partial charge on any atom is -0.506 e. The Morgan fingerprint density at radius 2 is 1.96 bits per heavy atom. The first-order valence-corrected chi connectivity index (χ1v) is 10.6. The topological polar surface area (TPSA) is 115 Å². The lowest BCUT2D eigenvalue weighted by Gasteiger charge is -2.30. The number of anilines is 1. The van der Waals surface area contributed by atoms with Crippen molar-refractivity contribution >= 4 is 43.2 Å². The van der Waals surface area contributed by atoms with E-state index in [1.54, 1.807) is 36.2 Å². The third-order valence-electron chi connectivity index (χ3n) is 3.77. The first-order chi connectivity index (χ1) is 12.8. The first-order valence-electron chi connectivity index (χ1n) is 8.35. The summed E-state index contributed by atoms with van der Waals surface area (Å²) in [6.07, 6.45) is 2.46. The van der Waals surface area contributed by atoms with Gasteiger partial charge in [0.25, 0.3) is 10.1 Å². The van der Waals surface area contributed by atoms with Gasteiger partial charge in [0.2, 0.25) is 0 Å². The molecule has 146 valence electrons. The molecule has 0 aliphatic heterocycles. The predicted molar refractivity (Wildman–Crippen MR) is 107 cm³/mol. The molecule has 0 saturated heterocycles. The van der Waals surface area contributed by atoms with E-state index in [9.17, 15) is 18.1 Å². The molecule has 2 N–H and O–H groups in total. The molecule has 27 heavy (non-hydrogen) atoms. The minimum absolute atomic E-state index is 0.153. The summed E-state index contributed by atoms with van der Waals surface area (Å²) in [6.45, 7) is 3.98. The maximum atomic E-state index is 11.7. The van der Waals surface area contributed by atoms with Crippen molar-refractivity contribution in [2.24, 2.45) is 10.2 Å². The van der Waals surface area contributed by atoms with Crippen molar-refractivity contribution in [2.45, 2.75) is 32.1 Å². The molecule has 0 fully saturated rings. The van der Waals surface area contributed by atoms with Crippen molar-refractivity contribution in [3.05, 3.63) is 41.0 Å². The van der Waals surface area contributed by atoms with Gasteiger partial charge >= 0.3 is 0 Å². The van der Waals surface area contributed by atoms with Gasteiger partial charge in [-0.3, -0.25) is 4.55 Å². The highest BCUT2D eigenvalue weighted by atomic mass is 79.9. The molecule has 2 aromatic rings. The summed E-state index contributed by atoms with van der Waals surface area (Å²) >= 11 is 3.28. The molecular weight excluding hydrogens is 436 g/mol. The number of nitrogens with zero attached hydrogens (tertiary/aromatic N) is 4. The average Bonchev–Trinajstić information content (AvgIpc) is 2.61. The third-order valence-corrected chi connectivity index (χ3v) is 5.51. The lowest BCUT2D eigenvalue weighted by molar-refractivity contribution is 0.457. The van der Waals surface area contributed by atoms with E-state index in [2.05, 4.69) is 31.1 Å². The van der Waals surface area contributed by atoms with E-state index in [4.69, 9.17) is 0 Å². The molecular formula is C17H21BrN4O4S. The van der Waals surface area contributed by atoms with Gasteiger partial charge in [-0.05, 0) is 53.0 Å². The standard InChI is InChI=1S/C17H21BrN4O4S/c1-3-9-22(17(4-2)27(24,25)26)13-6-7-14(15(23)10-13)20-21-16-8-5-12(18)11-19-16/h5-8,10-11,17,23H,3-4,9H2,1-2H3,(H,24,25,26). The second-order valence-corrected chi connectivity index (χ2v) is 8.27. The van der Waals surface area contributed by atoms with E-state index in [1.807, 2.05) is 6.92 Å². The number of benzene rings is 1. The molecule has 10 heteroatoms. The molecule has 1 atom stereocenters. The number of phenols is 1. The molecule has 1 aromatic carbocycles. The van der Waals surface area contributed by atoms with Gasteiger partial charge in [0.15, 0.2) is 11.2 Å². The fraction of sp³-hybridized carbons (Fsp3) is 0.353. The monoisotopic (exact) mass is 456 g/mol. The number of aromatic hydroxyl groups is 1. The fourth-order valence-corrected chi connectivity index (χ4v) is 3.78. The smallest absolute Gasteiger partial charge is 0.286 e. The lowest BCUT2D eigenvalue weighted by Crippen LogP contribution is -2.41. The van der Waals surface area contributed by atoms with Gasteiger partial charge < -0.3 is 10.0 Å². The van der Waals surface area contributed by atoms with E-state index < -0.39 is 15.5 Å². The van der Waals surface area contributed by atoms with Crippen LogP contribution in [0.5, 0.6) is 5.75 Å². The summed E-state index contributed by atoms with van der Waals surface area (Å²) in [5, 5.41) is 17.1. The number of hydrogen-bond acceptors (Lipinski definition) is 7. The molecule has 0 aliphatic carbocycles. The van der Waals surface area contributed by atoms with Gasteiger partial charge in [0.05, 0.1) is 0 Å². The Morgan fingerprint density at radius 3 is 2.48 bits per heavy atom. The van der Waals surface area contributed by atoms with Crippen molar-refractivity contribution < 1.29 is 18.1 Å². The summed E-state index contributed by atoms with van der Waals surface area (Å²) < 4.78 is 33.7. The largest absolute Gasteiger partial charge is 0.506 e. The van der Waals surface area contributed by atoms with Crippen molar-refractivity contribution in [1.29, 1.82) is 0 Å². The first kappa shape index (κ1) is 21.3. The van der Waals surface area contributed by atoms with Crippen LogP contribution in [-0.4, -0.2) is 35.0 Å². The number of azo groups is 1. The SMILES string of the molecule is CCCN(c1ccc(N=Nc2ccc(Br)cn2)c(O)c1)C(CC)S(=O)(=O)O. The van der Waals surface area contributed by atoms with Gasteiger partial charge in [-0.15, -0.1) is 10.2 Å². The molecule has 0 saturated carbocycles. The van der Waals surface area contributed by atoms with Crippen LogP contribution in [0.2, 0.25) is 0 Å². The number of rotatable bonds is 8. The number of aromatic nitrogens is 1. The zero-order chi connectivity index (χ0) is 20.0. The molecule has 1 aromatic heterocycles. The van der Waals surface area contributed by atoms with Crippen molar-refractivity contribution in [2.75, 3.05) is 11.4 Å². The minimum atomic E-state index is -4.27. The second-order valence-electron chi connectivity index (χ2n) is 5.78. The van der Waals surface area contributed by atoms with Gasteiger partial charge in [0.1, 0.15) is 11.4 Å². The summed E-state index contributed by atoms with van der Waals surface area (Å²) in [5.74, 6) is 0.228. The maximum Gasteiger partial charge on any atom is 0.286 e. The molecule has 0 radical (unpaired) electrons. The summed E-state index contributed by atoms with van der Waals surface area (Å²) in [4.78, 5) is 5.61. The highest BCUT2D eigenvalue weighted by molar-refractivity contribution is 9.10. The molecule has 0 amide bonds. The Labute approximate surface area is 166 Å². The zero-order valence-electron chi connectivity index (χ0n) is 14.9. The molecule has 0 bridgehead atoms. The van der Waals surface area contributed by atoms with Crippen LogP contribution >= 0.6 is 15.9 Å². The Balaban J connectivity index is 2.31. The van der Waals surface area contributed by atoms with Crippen LogP contribution in [0.15, 0.2) is 51.2 Å². The van der Waals surface area contributed by atoms with E-state index in [-0.39, 0.29) is 17.9 Å². The van der Waals surface area contributed by atoms with Crippen LogP contribution < -0.4 is 4.90 Å². The van der Waals surface area contributed by atoms with E-state index >= 15 is 0 Å². The number of hydrogen-bond donors (Lipinski definition) is 2. The Hall–Kier alpha value is -2.04. The normalized spacial score (nSPS) is 13.0. The molecule has 1 unspecified atom stereocenters. The van der Waals surface area contributed by atoms with E-state index in [0.29, 0.717) is 24.5 Å². The van der Waals surface area contributed by atoms with Gasteiger partial charge in [-0.1, -0.05) is 13.8 Å². The molecule has 1 heterocycles. The van der Waals surface area contributed by atoms with Gasteiger partial charge in [-0.2, -0.15) is 8.42 Å². The van der Waals surface area contributed by atoms with E-state index in [0.717, 1.165) is 4.47 Å². The van der Waals surface area contributed by atoms with Crippen LogP contribution in [0.4, 0.5) is 17.2 Å². The van der Waals surface area contributed by atoms with Crippen molar-refractivity contribution in [3.8, 4) is 5.75 Å². The number of pyridine rings is 1. The summed E-state index contributed by atoms with van der Waals surface area (Å²) in [6, 6.07) is 8.01. The highest BCUT2D eigenvalue weighted by Gasteiger charge is 2.28. The Kier molecular flexibility index (Phi) is 7.28. The molecule has 2 rings (SSSR count). The van der Waals surface area contributed by atoms with E-state index in [1.165, 1.54) is 12.1 Å². The predicted octanol–water partition coefficient (Wildman–Crippen LogP) is 4.81. The van der Waals surface area contributed by atoms with Crippen LogP contribution in [-0.2, 0) is 10.1 Å². The van der Waals surface area contributed by atoms with Gasteiger partial charge in [0, 0.05) is 29.0 Å². The molecule has 0 aliphatic rings. The number of halogens is 1. The van der Waals surface area contributed by atoms with Crippen LogP contribution in [0.25, 0.3) is 0 Å². The average molecular weight is 457 g/mol. The Bertz CT molecular complexity index is 904. The maximum absolute atomic E-state index is 11.7.